The molecule has 0 saturated heterocycles. The molecule has 0 fully saturated rings. The summed E-state index contributed by atoms with van der Waals surface area (Å²) in [5.74, 6) is -0.675. The third-order valence-electron chi connectivity index (χ3n) is 4.40. The normalized spacial score (nSPS) is 17.2. The van der Waals surface area contributed by atoms with E-state index in [1.165, 1.54) is 10.8 Å². The van der Waals surface area contributed by atoms with Gasteiger partial charge in [-0.3, -0.25) is 9.59 Å². The molecular weight excluding hydrogens is 260 g/mol. The van der Waals surface area contributed by atoms with Crippen molar-refractivity contribution in [1.82, 2.24) is 0 Å². The summed E-state index contributed by atoms with van der Waals surface area (Å²) < 4.78 is 0. The highest BCUT2D eigenvalue weighted by Gasteiger charge is 2.31. The maximum absolute atomic E-state index is 12.3. The zero-order valence-electron chi connectivity index (χ0n) is 11.7. The highest BCUT2D eigenvalue weighted by atomic mass is 16.1. The predicted octanol–water partition coefficient (Wildman–Crippen LogP) is 3.14. The van der Waals surface area contributed by atoms with Crippen LogP contribution in [-0.2, 0) is 9.59 Å². The van der Waals surface area contributed by atoms with E-state index < -0.39 is 5.92 Å². The van der Waals surface area contributed by atoms with Crippen LogP contribution in [0.1, 0.15) is 24.8 Å². The molecule has 1 atom stereocenters. The van der Waals surface area contributed by atoms with Gasteiger partial charge in [0, 0.05) is 6.42 Å². The van der Waals surface area contributed by atoms with E-state index in [4.69, 9.17) is 0 Å². The van der Waals surface area contributed by atoms with Gasteiger partial charge in [0.15, 0.2) is 5.78 Å². The minimum absolute atomic E-state index is 0.00376. The number of fused-ring (bicyclic) bond motifs is 2. The average molecular weight is 274 g/mol. The lowest BCUT2D eigenvalue weighted by atomic mass is 9.90. The lowest BCUT2D eigenvalue weighted by Crippen LogP contribution is -2.18. The fourth-order valence-corrected chi connectivity index (χ4v) is 3.43. The summed E-state index contributed by atoms with van der Waals surface area (Å²) in [6.45, 7) is 1.81. The van der Waals surface area contributed by atoms with Crippen LogP contribution in [0.5, 0.6) is 0 Å². The lowest BCUT2D eigenvalue weighted by Gasteiger charge is -2.12. The number of hydrogen-bond acceptors (Lipinski definition) is 2. The van der Waals surface area contributed by atoms with E-state index in [-0.39, 0.29) is 11.6 Å². The van der Waals surface area contributed by atoms with Crippen molar-refractivity contribution in [3.8, 4) is 0 Å². The monoisotopic (exact) mass is 274 g/mol. The second kappa shape index (κ2) is 4.26. The predicted molar refractivity (Wildman–Crippen MR) is 84.2 cm³/mol. The van der Waals surface area contributed by atoms with Crippen molar-refractivity contribution < 1.29 is 9.59 Å². The SMILES string of the molecule is CCC(=O)C1C(=O)C=c2c1cc1cccc3cccc2c31. The first-order valence-electron chi connectivity index (χ1n) is 7.23. The van der Waals surface area contributed by atoms with Gasteiger partial charge in [0.05, 0.1) is 0 Å². The van der Waals surface area contributed by atoms with E-state index in [0.29, 0.717) is 6.42 Å². The topological polar surface area (TPSA) is 34.1 Å². The Morgan fingerprint density at radius 3 is 2.57 bits per heavy atom. The largest absolute Gasteiger partial charge is 0.299 e. The number of ketones is 2. The summed E-state index contributed by atoms with van der Waals surface area (Å²) in [6.07, 6.45) is 2.04. The summed E-state index contributed by atoms with van der Waals surface area (Å²) in [6, 6.07) is 14.3. The van der Waals surface area contributed by atoms with E-state index in [1.54, 1.807) is 6.08 Å². The second-order valence-corrected chi connectivity index (χ2v) is 5.56. The van der Waals surface area contributed by atoms with Gasteiger partial charge in [-0.1, -0.05) is 43.3 Å². The summed E-state index contributed by atoms with van der Waals surface area (Å²) in [5, 5.41) is 5.43. The van der Waals surface area contributed by atoms with Gasteiger partial charge in [0.1, 0.15) is 11.7 Å². The van der Waals surface area contributed by atoms with Crippen LogP contribution >= 0.6 is 0 Å². The third kappa shape index (κ3) is 1.59. The van der Waals surface area contributed by atoms with Crippen molar-refractivity contribution >= 4 is 39.2 Å². The van der Waals surface area contributed by atoms with E-state index >= 15 is 0 Å². The molecule has 2 nitrogen and oxygen atoms in total. The van der Waals surface area contributed by atoms with E-state index in [9.17, 15) is 9.59 Å². The summed E-state index contributed by atoms with van der Waals surface area (Å²) in [4.78, 5) is 24.4. The zero-order chi connectivity index (χ0) is 14.6. The van der Waals surface area contributed by atoms with Crippen molar-refractivity contribution in [1.29, 1.82) is 0 Å². The molecule has 3 aromatic rings. The standard InChI is InChI=1S/C19H14O2/c1-2-16(20)19-15-9-12-7-3-5-11-6-4-8-13(18(11)12)14(15)10-17(19)21/h3-10,19H,2H2,1H3. The van der Waals surface area contributed by atoms with Crippen LogP contribution in [-0.4, -0.2) is 11.6 Å². The fraction of sp³-hybridized carbons (Fsp3) is 0.158. The molecule has 0 bridgehead atoms. The maximum atomic E-state index is 12.3. The number of carbonyl (C=O) groups is 2. The quantitative estimate of drug-likeness (QED) is 0.673. The second-order valence-electron chi connectivity index (χ2n) is 5.56. The Morgan fingerprint density at radius 1 is 1.10 bits per heavy atom. The Kier molecular flexibility index (Phi) is 2.49. The summed E-state index contributed by atoms with van der Waals surface area (Å²) in [7, 11) is 0. The van der Waals surface area contributed by atoms with Crippen LogP contribution in [0.2, 0.25) is 0 Å². The van der Waals surface area contributed by atoms with Crippen LogP contribution in [0.25, 0.3) is 27.6 Å². The molecule has 3 aromatic carbocycles. The first-order valence-corrected chi connectivity index (χ1v) is 7.23. The van der Waals surface area contributed by atoms with Crippen LogP contribution in [0.4, 0.5) is 0 Å². The van der Waals surface area contributed by atoms with Crippen molar-refractivity contribution in [3.63, 3.8) is 0 Å². The van der Waals surface area contributed by atoms with Gasteiger partial charge in [-0.2, -0.15) is 0 Å². The van der Waals surface area contributed by atoms with Gasteiger partial charge < -0.3 is 0 Å². The highest BCUT2D eigenvalue weighted by Crippen LogP contribution is 2.31. The summed E-state index contributed by atoms with van der Waals surface area (Å²) >= 11 is 0. The number of rotatable bonds is 2. The van der Waals surface area contributed by atoms with E-state index in [2.05, 4.69) is 12.1 Å². The minimum Gasteiger partial charge on any atom is -0.299 e. The molecule has 1 aliphatic carbocycles. The average Bonchev–Trinajstić information content (AvgIpc) is 2.83. The molecule has 0 radical (unpaired) electrons. The van der Waals surface area contributed by atoms with Crippen molar-refractivity contribution in [2.45, 2.75) is 19.3 Å². The van der Waals surface area contributed by atoms with Gasteiger partial charge in [-0.15, -0.1) is 0 Å². The molecule has 0 aliphatic heterocycles. The zero-order valence-corrected chi connectivity index (χ0v) is 11.7. The molecule has 0 heterocycles. The number of Topliss-reactive ketones (excluding diaryl/α,β-unsaturated/α-hetero) is 2. The maximum Gasteiger partial charge on any atom is 0.171 e. The molecule has 0 aromatic heterocycles. The first kappa shape index (κ1) is 12.3. The molecule has 0 spiro atoms. The number of benzene rings is 3. The molecule has 4 rings (SSSR count). The van der Waals surface area contributed by atoms with Crippen molar-refractivity contribution in [2.24, 2.45) is 0 Å². The Labute approximate surface area is 122 Å². The van der Waals surface area contributed by atoms with Crippen LogP contribution in [0.15, 0.2) is 42.5 Å². The molecule has 102 valence electrons. The Hall–Kier alpha value is -2.48. The first-order chi connectivity index (χ1) is 10.2. The molecule has 0 amide bonds. The Morgan fingerprint density at radius 2 is 1.81 bits per heavy atom. The number of hydrogen-bond donors (Lipinski definition) is 0. The molecule has 21 heavy (non-hydrogen) atoms. The smallest absolute Gasteiger partial charge is 0.171 e. The fourth-order valence-electron chi connectivity index (χ4n) is 3.43. The van der Waals surface area contributed by atoms with Gasteiger partial charge >= 0.3 is 0 Å². The molecule has 0 saturated carbocycles. The molecule has 1 unspecified atom stereocenters. The molecule has 2 heteroatoms. The lowest BCUT2D eigenvalue weighted by molar-refractivity contribution is -0.125. The molecular formula is C19H14O2. The van der Waals surface area contributed by atoms with Crippen molar-refractivity contribution in [3.05, 3.63) is 53.2 Å². The van der Waals surface area contributed by atoms with Gasteiger partial charge in [-0.05, 0) is 44.5 Å². The Balaban J connectivity index is 2.17. The highest BCUT2D eigenvalue weighted by molar-refractivity contribution is 6.26. The van der Waals surface area contributed by atoms with Crippen LogP contribution < -0.4 is 5.22 Å². The van der Waals surface area contributed by atoms with E-state index in [1.807, 2.05) is 37.3 Å². The minimum atomic E-state index is -0.603. The molecule has 1 aliphatic rings. The van der Waals surface area contributed by atoms with Crippen LogP contribution in [0, 0.1) is 0 Å². The molecule has 0 N–H and O–H groups in total. The van der Waals surface area contributed by atoms with Gasteiger partial charge in [-0.25, -0.2) is 0 Å². The third-order valence-corrected chi connectivity index (χ3v) is 4.40. The van der Waals surface area contributed by atoms with E-state index in [0.717, 1.165) is 21.6 Å². The Bertz CT molecular complexity index is 961. The van der Waals surface area contributed by atoms with Crippen LogP contribution in [0.3, 0.4) is 0 Å². The van der Waals surface area contributed by atoms with Gasteiger partial charge in [0.25, 0.3) is 0 Å². The number of carbonyl (C=O) groups excluding carboxylic acids is 2. The van der Waals surface area contributed by atoms with Crippen molar-refractivity contribution in [2.75, 3.05) is 0 Å². The summed E-state index contributed by atoms with van der Waals surface area (Å²) in [5.41, 5.74) is 0.873. The van der Waals surface area contributed by atoms with Gasteiger partial charge in [0.2, 0.25) is 0 Å².